The van der Waals surface area contributed by atoms with Gasteiger partial charge in [0.2, 0.25) is 5.91 Å². The van der Waals surface area contributed by atoms with Crippen LogP contribution in [-0.2, 0) is 4.79 Å². The van der Waals surface area contributed by atoms with E-state index in [1.807, 2.05) is 43.1 Å². The van der Waals surface area contributed by atoms with E-state index in [1.165, 1.54) is 0 Å². The molecule has 0 radical (unpaired) electrons. The topological polar surface area (TPSA) is 61.8 Å². The minimum atomic E-state index is -0.205. The molecule has 1 aliphatic carbocycles. The molecule has 2 rings (SSSR count). The Morgan fingerprint density at radius 2 is 2.26 bits per heavy atom. The van der Waals surface area contributed by atoms with Gasteiger partial charge in [0, 0.05) is 6.54 Å². The van der Waals surface area contributed by atoms with Crippen molar-refractivity contribution in [3.05, 3.63) is 29.8 Å². The summed E-state index contributed by atoms with van der Waals surface area (Å²) >= 11 is 0. The zero-order valence-electron chi connectivity index (χ0n) is 14.1. The maximum absolute atomic E-state index is 11.9. The van der Waals surface area contributed by atoms with Crippen LogP contribution in [0.5, 0.6) is 5.75 Å². The van der Waals surface area contributed by atoms with E-state index in [0.717, 1.165) is 37.1 Å². The number of carbonyl (C=O) groups excluding carboxylic acids is 1. The number of nitrogens with zero attached hydrogens (tertiary/aromatic N) is 1. The Balaban J connectivity index is 1.59. The lowest BCUT2D eigenvalue weighted by atomic mass is 10.1. The molecule has 2 atom stereocenters. The molecule has 1 amide bonds. The van der Waals surface area contributed by atoms with Crippen LogP contribution in [0.1, 0.15) is 24.8 Å². The standard InChI is InChI=1S/C18H28N2O3/c1-14-5-3-7-16(11-14)23-10-9-19-18(22)13-20(2)12-15-6-4-8-17(15)21/h3,5,7,11,15,17,21H,4,6,8-10,12-13H2,1-2H3,(H,19,22). The predicted molar refractivity (Wildman–Crippen MR) is 90.5 cm³/mol. The van der Waals surface area contributed by atoms with Gasteiger partial charge in [0.15, 0.2) is 0 Å². The molecule has 2 unspecified atom stereocenters. The van der Waals surface area contributed by atoms with Gasteiger partial charge in [-0.2, -0.15) is 0 Å². The first kappa shape index (κ1) is 17.8. The monoisotopic (exact) mass is 320 g/mol. The molecule has 0 aromatic heterocycles. The molecule has 23 heavy (non-hydrogen) atoms. The maximum Gasteiger partial charge on any atom is 0.234 e. The van der Waals surface area contributed by atoms with Crippen molar-refractivity contribution in [1.29, 1.82) is 0 Å². The van der Waals surface area contributed by atoms with E-state index in [0.29, 0.717) is 25.6 Å². The Morgan fingerprint density at radius 3 is 2.96 bits per heavy atom. The number of benzene rings is 1. The Labute approximate surface area is 138 Å². The van der Waals surface area contributed by atoms with Crippen LogP contribution >= 0.6 is 0 Å². The summed E-state index contributed by atoms with van der Waals surface area (Å²) < 4.78 is 5.60. The zero-order valence-corrected chi connectivity index (χ0v) is 14.1. The Kier molecular flexibility index (Phi) is 6.86. The normalized spacial score (nSPS) is 20.7. The van der Waals surface area contributed by atoms with Crippen molar-refractivity contribution in [3.63, 3.8) is 0 Å². The van der Waals surface area contributed by atoms with E-state index in [9.17, 15) is 9.90 Å². The number of rotatable bonds is 8. The smallest absolute Gasteiger partial charge is 0.234 e. The summed E-state index contributed by atoms with van der Waals surface area (Å²) in [4.78, 5) is 13.9. The molecule has 0 aliphatic heterocycles. The van der Waals surface area contributed by atoms with Gasteiger partial charge in [0.1, 0.15) is 12.4 Å². The fourth-order valence-corrected chi connectivity index (χ4v) is 3.06. The van der Waals surface area contributed by atoms with Gasteiger partial charge in [0.25, 0.3) is 0 Å². The third kappa shape index (κ3) is 6.20. The van der Waals surface area contributed by atoms with E-state index in [1.54, 1.807) is 0 Å². The van der Waals surface area contributed by atoms with Gasteiger partial charge < -0.3 is 15.2 Å². The Bertz CT molecular complexity index is 507. The second-order valence-corrected chi connectivity index (χ2v) is 6.47. The van der Waals surface area contributed by atoms with Crippen molar-refractivity contribution in [2.75, 3.05) is 33.3 Å². The molecule has 0 saturated heterocycles. The molecule has 1 aromatic carbocycles. The third-order valence-corrected chi connectivity index (χ3v) is 4.26. The van der Waals surface area contributed by atoms with Crippen molar-refractivity contribution >= 4 is 5.91 Å². The van der Waals surface area contributed by atoms with Crippen molar-refractivity contribution in [3.8, 4) is 5.75 Å². The number of aliphatic hydroxyl groups excluding tert-OH is 1. The third-order valence-electron chi connectivity index (χ3n) is 4.26. The highest BCUT2D eigenvalue weighted by Gasteiger charge is 2.26. The van der Waals surface area contributed by atoms with Crippen LogP contribution in [0.4, 0.5) is 0 Å². The maximum atomic E-state index is 11.9. The molecule has 5 nitrogen and oxygen atoms in total. The van der Waals surface area contributed by atoms with E-state index >= 15 is 0 Å². The van der Waals surface area contributed by atoms with Gasteiger partial charge in [-0.25, -0.2) is 0 Å². The van der Waals surface area contributed by atoms with Crippen molar-refractivity contribution < 1.29 is 14.6 Å². The SMILES string of the molecule is Cc1cccc(OCCNC(=O)CN(C)CC2CCCC2O)c1. The van der Waals surface area contributed by atoms with Crippen molar-refractivity contribution in [1.82, 2.24) is 10.2 Å². The molecule has 1 aromatic rings. The average Bonchev–Trinajstić information content (AvgIpc) is 2.89. The van der Waals surface area contributed by atoms with E-state index < -0.39 is 0 Å². The molecule has 128 valence electrons. The predicted octanol–water partition coefficient (Wildman–Crippen LogP) is 1.58. The fraction of sp³-hybridized carbons (Fsp3) is 0.611. The summed E-state index contributed by atoms with van der Waals surface area (Å²) in [6.07, 6.45) is 2.82. The number of carbonyl (C=O) groups is 1. The van der Waals surface area contributed by atoms with Gasteiger partial charge in [-0.05, 0) is 50.4 Å². The Morgan fingerprint density at radius 1 is 1.43 bits per heavy atom. The first-order valence-corrected chi connectivity index (χ1v) is 8.37. The molecule has 0 bridgehead atoms. The van der Waals surface area contributed by atoms with Crippen LogP contribution in [0.2, 0.25) is 0 Å². The van der Waals surface area contributed by atoms with Gasteiger partial charge in [0.05, 0.1) is 19.2 Å². The quantitative estimate of drug-likeness (QED) is 0.714. The first-order valence-electron chi connectivity index (χ1n) is 8.37. The molecular weight excluding hydrogens is 292 g/mol. The summed E-state index contributed by atoms with van der Waals surface area (Å²) in [5, 5.41) is 12.7. The van der Waals surface area contributed by atoms with Gasteiger partial charge in [-0.1, -0.05) is 18.6 Å². The van der Waals surface area contributed by atoms with Gasteiger partial charge >= 0.3 is 0 Å². The van der Waals surface area contributed by atoms with Gasteiger partial charge in [-0.3, -0.25) is 9.69 Å². The van der Waals surface area contributed by atoms with E-state index in [-0.39, 0.29) is 12.0 Å². The van der Waals surface area contributed by atoms with E-state index in [4.69, 9.17) is 4.74 Å². The minimum absolute atomic E-state index is 0.00664. The number of likely N-dealkylation sites (N-methyl/N-ethyl adjacent to an activating group) is 1. The summed E-state index contributed by atoms with van der Waals surface area (Å²) in [7, 11) is 1.92. The van der Waals surface area contributed by atoms with Crippen LogP contribution in [-0.4, -0.2) is 55.3 Å². The number of ether oxygens (including phenoxy) is 1. The number of aliphatic hydroxyl groups is 1. The second-order valence-electron chi connectivity index (χ2n) is 6.47. The second kappa shape index (κ2) is 8.89. The number of nitrogens with one attached hydrogen (secondary N) is 1. The lowest BCUT2D eigenvalue weighted by molar-refractivity contribution is -0.122. The molecule has 5 heteroatoms. The first-order chi connectivity index (χ1) is 11.0. The Hall–Kier alpha value is -1.59. The molecule has 1 fully saturated rings. The van der Waals surface area contributed by atoms with Crippen LogP contribution < -0.4 is 10.1 Å². The van der Waals surface area contributed by atoms with Crippen LogP contribution in [0, 0.1) is 12.8 Å². The summed E-state index contributed by atoms with van der Waals surface area (Å²) in [5.41, 5.74) is 1.15. The highest BCUT2D eigenvalue weighted by atomic mass is 16.5. The lowest BCUT2D eigenvalue weighted by Crippen LogP contribution is -2.39. The molecular formula is C18H28N2O3. The molecule has 0 spiro atoms. The van der Waals surface area contributed by atoms with E-state index in [2.05, 4.69) is 5.32 Å². The van der Waals surface area contributed by atoms with Crippen molar-refractivity contribution in [2.45, 2.75) is 32.3 Å². The van der Waals surface area contributed by atoms with Crippen LogP contribution in [0.15, 0.2) is 24.3 Å². The van der Waals surface area contributed by atoms with Gasteiger partial charge in [-0.15, -0.1) is 0 Å². The number of hydrogen-bond acceptors (Lipinski definition) is 4. The highest BCUT2D eigenvalue weighted by molar-refractivity contribution is 5.77. The zero-order chi connectivity index (χ0) is 16.7. The minimum Gasteiger partial charge on any atom is -0.492 e. The summed E-state index contributed by atoms with van der Waals surface area (Å²) in [5.74, 6) is 1.12. The molecule has 1 aliphatic rings. The van der Waals surface area contributed by atoms with Crippen LogP contribution in [0.25, 0.3) is 0 Å². The largest absolute Gasteiger partial charge is 0.492 e. The average molecular weight is 320 g/mol. The number of aryl methyl sites for hydroxylation is 1. The van der Waals surface area contributed by atoms with Crippen LogP contribution in [0.3, 0.4) is 0 Å². The lowest BCUT2D eigenvalue weighted by Gasteiger charge is -2.22. The number of hydrogen-bond donors (Lipinski definition) is 2. The molecule has 0 heterocycles. The van der Waals surface area contributed by atoms with Crippen molar-refractivity contribution in [2.24, 2.45) is 5.92 Å². The molecule has 1 saturated carbocycles. The highest BCUT2D eigenvalue weighted by Crippen LogP contribution is 2.25. The fourth-order valence-electron chi connectivity index (χ4n) is 3.06. The molecule has 2 N–H and O–H groups in total. The summed E-state index contributed by atoms with van der Waals surface area (Å²) in [6.45, 7) is 4.10. The number of amides is 1. The summed E-state index contributed by atoms with van der Waals surface area (Å²) in [6, 6.07) is 7.86.